The van der Waals surface area contributed by atoms with Gasteiger partial charge < -0.3 is 21.9 Å². The van der Waals surface area contributed by atoms with Gasteiger partial charge in [0.25, 0.3) is 0 Å². The molecule has 1 aromatic heterocycles. The number of aromatic nitrogens is 3. The minimum Gasteiger partial charge on any atom is -0.480 e. The van der Waals surface area contributed by atoms with Gasteiger partial charge in [0.05, 0.1) is 6.04 Å². The quantitative estimate of drug-likeness (QED) is 0.282. The van der Waals surface area contributed by atoms with Crippen molar-refractivity contribution in [2.75, 3.05) is 11.1 Å². The monoisotopic (exact) mass is 470 g/mol. The highest BCUT2D eigenvalue weighted by Gasteiger charge is 2.17. The molecule has 3 aromatic carbocycles. The molecule has 0 radical (unpaired) electrons. The first-order valence-corrected chi connectivity index (χ1v) is 11.6. The van der Waals surface area contributed by atoms with Gasteiger partial charge in [-0.1, -0.05) is 74.5 Å². The Balaban J connectivity index is 1.60. The van der Waals surface area contributed by atoms with Gasteiger partial charge in [0.1, 0.15) is 6.04 Å². The van der Waals surface area contributed by atoms with E-state index in [4.69, 9.17) is 16.6 Å². The minimum atomic E-state index is -1.03. The molecule has 8 heteroatoms. The van der Waals surface area contributed by atoms with Gasteiger partial charge in [-0.3, -0.25) is 4.79 Å². The number of anilines is 2. The SMILES string of the molecule is CC(C)CC(Nc1nc(N)nc(-c2ccc(C[C@H](N)C(=O)O)cc2)n1)c1ccc2ccccc2c1. The van der Waals surface area contributed by atoms with E-state index in [1.807, 2.05) is 36.4 Å². The molecule has 6 N–H and O–H groups in total. The summed E-state index contributed by atoms with van der Waals surface area (Å²) in [6.45, 7) is 4.36. The third-order valence-corrected chi connectivity index (χ3v) is 5.82. The Morgan fingerprint density at radius 1 is 0.971 bits per heavy atom. The molecule has 0 saturated carbocycles. The number of carboxylic acid groups (broad SMARTS) is 1. The maximum absolute atomic E-state index is 11.0. The van der Waals surface area contributed by atoms with Crippen LogP contribution < -0.4 is 16.8 Å². The van der Waals surface area contributed by atoms with Gasteiger partial charge in [0, 0.05) is 5.56 Å². The second kappa shape index (κ2) is 10.5. The van der Waals surface area contributed by atoms with Crippen molar-refractivity contribution in [1.29, 1.82) is 0 Å². The Bertz CT molecular complexity index is 1320. The number of nitrogen functional groups attached to an aromatic ring is 1. The van der Waals surface area contributed by atoms with Crippen LogP contribution in [0.1, 0.15) is 37.4 Å². The summed E-state index contributed by atoms with van der Waals surface area (Å²) in [5, 5.41) is 14.9. The molecule has 1 unspecified atom stereocenters. The van der Waals surface area contributed by atoms with Crippen LogP contribution in [0, 0.1) is 5.92 Å². The summed E-state index contributed by atoms with van der Waals surface area (Å²) < 4.78 is 0. The van der Waals surface area contributed by atoms with E-state index in [9.17, 15) is 4.79 Å². The number of carboxylic acids is 1. The molecule has 4 aromatic rings. The second-order valence-corrected chi connectivity index (χ2v) is 9.12. The van der Waals surface area contributed by atoms with Crippen LogP contribution in [0.15, 0.2) is 66.7 Å². The Morgan fingerprint density at radius 2 is 1.69 bits per heavy atom. The summed E-state index contributed by atoms with van der Waals surface area (Å²) in [7, 11) is 0. The molecule has 0 fully saturated rings. The van der Waals surface area contributed by atoms with E-state index in [0.29, 0.717) is 17.7 Å². The Kier molecular flexibility index (Phi) is 7.22. The van der Waals surface area contributed by atoms with E-state index in [-0.39, 0.29) is 18.4 Å². The summed E-state index contributed by atoms with van der Waals surface area (Å²) in [5.41, 5.74) is 14.4. The molecule has 0 amide bonds. The van der Waals surface area contributed by atoms with Gasteiger partial charge in [-0.05, 0) is 46.7 Å². The number of nitrogens with zero attached hydrogens (tertiary/aromatic N) is 3. The van der Waals surface area contributed by atoms with Crippen LogP contribution in [-0.2, 0) is 11.2 Å². The number of fused-ring (bicyclic) bond motifs is 1. The smallest absolute Gasteiger partial charge is 0.320 e. The van der Waals surface area contributed by atoms with E-state index >= 15 is 0 Å². The molecule has 0 bridgehead atoms. The maximum Gasteiger partial charge on any atom is 0.320 e. The average Bonchev–Trinajstić information content (AvgIpc) is 2.83. The fourth-order valence-electron chi connectivity index (χ4n) is 4.05. The van der Waals surface area contributed by atoms with Crippen molar-refractivity contribution in [2.45, 2.75) is 38.8 Å². The Hall–Kier alpha value is -4.04. The first-order valence-electron chi connectivity index (χ1n) is 11.6. The molecule has 35 heavy (non-hydrogen) atoms. The van der Waals surface area contributed by atoms with Crippen molar-refractivity contribution < 1.29 is 9.90 Å². The number of rotatable bonds is 9. The predicted octanol–water partition coefficient (Wildman–Crippen LogP) is 4.43. The molecule has 8 nitrogen and oxygen atoms in total. The summed E-state index contributed by atoms with van der Waals surface area (Å²) in [5.74, 6) is 0.384. The highest BCUT2D eigenvalue weighted by molar-refractivity contribution is 5.83. The summed E-state index contributed by atoms with van der Waals surface area (Å²) >= 11 is 0. The zero-order valence-electron chi connectivity index (χ0n) is 19.8. The second-order valence-electron chi connectivity index (χ2n) is 9.12. The summed E-state index contributed by atoms with van der Waals surface area (Å²) in [4.78, 5) is 24.3. The number of hydrogen-bond acceptors (Lipinski definition) is 7. The molecule has 1 heterocycles. The Labute approximate surface area is 204 Å². The number of carbonyl (C=O) groups is 1. The standard InChI is InChI=1S/C27H30N6O2/c1-16(2)13-23(21-12-11-18-5-3-4-6-20(18)15-21)30-27-32-24(31-26(29)33-27)19-9-7-17(8-10-19)14-22(28)25(34)35/h3-12,15-16,22-23H,13-14,28H2,1-2H3,(H,34,35)(H3,29,30,31,32,33)/t22-,23?/m0/s1. The summed E-state index contributed by atoms with van der Waals surface area (Å²) in [6.07, 6.45) is 1.13. The van der Waals surface area contributed by atoms with Crippen molar-refractivity contribution in [1.82, 2.24) is 15.0 Å². The van der Waals surface area contributed by atoms with Gasteiger partial charge in [-0.25, -0.2) is 0 Å². The van der Waals surface area contributed by atoms with Crippen LogP contribution in [0.25, 0.3) is 22.2 Å². The lowest BCUT2D eigenvalue weighted by atomic mass is 9.95. The van der Waals surface area contributed by atoms with Crippen molar-refractivity contribution in [3.8, 4) is 11.4 Å². The molecule has 0 aliphatic heterocycles. The summed E-state index contributed by atoms with van der Waals surface area (Å²) in [6, 6.07) is 21.1. The van der Waals surface area contributed by atoms with E-state index in [1.165, 1.54) is 10.8 Å². The van der Waals surface area contributed by atoms with Gasteiger partial charge >= 0.3 is 5.97 Å². The zero-order chi connectivity index (χ0) is 24.9. The lowest BCUT2D eigenvalue weighted by Gasteiger charge is -2.22. The van der Waals surface area contributed by atoms with Crippen molar-refractivity contribution in [3.63, 3.8) is 0 Å². The van der Waals surface area contributed by atoms with Crippen LogP contribution in [0.3, 0.4) is 0 Å². The number of hydrogen-bond donors (Lipinski definition) is 4. The maximum atomic E-state index is 11.0. The minimum absolute atomic E-state index is 0.00543. The first-order chi connectivity index (χ1) is 16.8. The van der Waals surface area contributed by atoms with E-state index < -0.39 is 12.0 Å². The number of benzene rings is 3. The normalized spacial score (nSPS) is 13.0. The van der Waals surface area contributed by atoms with Crippen LogP contribution in [0.4, 0.5) is 11.9 Å². The van der Waals surface area contributed by atoms with Gasteiger partial charge in [-0.15, -0.1) is 0 Å². The molecule has 180 valence electrons. The lowest BCUT2D eigenvalue weighted by molar-refractivity contribution is -0.138. The first kappa shape index (κ1) is 24.1. The molecule has 0 saturated heterocycles. The highest BCUT2D eigenvalue weighted by atomic mass is 16.4. The van der Waals surface area contributed by atoms with E-state index in [2.05, 4.69) is 64.4 Å². The highest BCUT2D eigenvalue weighted by Crippen LogP contribution is 2.28. The lowest BCUT2D eigenvalue weighted by Crippen LogP contribution is -2.32. The van der Waals surface area contributed by atoms with Gasteiger partial charge in [-0.2, -0.15) is 15.0 Å². The molecule has 0 aliphatic rings. The van der Waals surface area contributed by atoms with Crippen LogP contribution >= 0.6 is 0 Å². The van der Waals surface area contributed by atoms with Crippen LogP contribution in [0.2, 0.25) is 0 Å². The van der Waals surface area contributed by atoms with Crippen molar-refractivity contribution in [3.05, 3.63) is 77.9 Å². The van der Waals surface area contributed by atoms with Crippen LogP contribution in [-0.4, -0.2) is 32.1 Å². The molecule has 4 rings (SSSR count). The number of nitrogens with two attached hydrogens (primary N) is 2. The number of nitrogens with one attached hydrogen (secondary N) is 1. The van der Waals surface area contributed by atoms with Crippen LogP contribution in [0.5, 0.6) is 0 Å². The zero-order valence-corrected chi connectivity index (χ0v) is 19.8. The topological polar surface area (TPSA) is 140 Å². The fourth-order valence-corrected chi connectivity index (χ4v) is 4.05. The number of aliphatic carboxylic acids is 1. The van der Waals surface area contributed by atoms with Crippen molar-refractivity contribution >= 4 is 28.6 Å². The third-order valence-electron chi connectivity index (χ3n) is 5.82. The molecule has 0 aliphatic carbocycles. The Morgan fingerprint density at radius 3 is 2.37 bits per heavy atom. The molecular formula is C27H30N6O2. The fraction of sp³-hybridized carbons (Fsp3) is 0.259. The molecular weight excluding hydrogens is 440 g/mol. The third kappa shape index (κ3) is 6.10. The predicted molar refractivity (Wildman–Crippen MR) is 139 cm³/mol. The van der Waals surface area contributed by atoms with Gasteiger partial charge in [0.2, 0.25) is 11.9 Å². The van der Waals surface area contributed by atoms with Gasteiger partial charge in [0.15, 0.2) is 5.82 Å². The van der Waals surface area contributed by atoms with E-state index in [0.717, 1.165) is 23.1 Å². The molecule has 2 atom stereocenters. The average molecular weight is 471 g/mol. The molecule has 0 spiro atoms. The van der Waals surface area contributed by atoms with Crippen molar-refractivity contribution in [2.24, 2.45) is 11.7 Å². The largest absolute Gasteiger partial charge is 0.480 e. The van der Waals surface area contributed by atoms with E-state index in [1.54, 1.807) is 0 Å².